The van der Waals surface area contributed by atoms with Gasteiger partial charge in [-0.2, -0.15) is 0 Å². The van der Waals surface area contributed by atoms with E-state index in [2.05, 4.69) is 26.0 Å². The predicted molar refractivity (Wildman–Crippen MR) is 171 cm³/mol. The Morgan fingerprint density at radius 2 is 0.976 bits per heavy atom. The van der Waals surface area contributed by atoms with Crippen LogP contribution in [0.1, 0.15) is 73.6 Å². The normalized spacial score (nSPS) is 21.9. The largest absolute Gasteiger partial charge is 0.508 e. The number of phenols is 4. The van der Waals surface area contributed by atoms with Gasteiger partial charge in [-0.1, -0.05) is 74.5 Å². The van der Waals surface area contributed by atoms with Crippen LogP contribution in [0.4, 0.5) is 0 Å². The maximum Gasteiger partial charge on any atom is 0.115 e. The molecule has 0 amide bonds. The van der Waals surface area contributed by atoms with Gasteiger partial charge in [0, 0.05) is 5.92 Å². The van der Waals surface area contributed by atoms with Crippen molar-refractivity contribution < 1.29 is 20.4 Å². The van der Waals surface area contributed by atoms with E-state index in [0.29, 0.717) is 46.7 Å². The van der Waals surface area contributed by atoms with Gasteiger partial charge in [-0.3, -0.25) is 0 Å². The molecule has 0 bridgehead atoms. The van der Waals surface area contributed by atoms with Crippen molar-refractivity contribution in [2.45, 2.75) is 51.4 Å². The maximum atomic E-state index is 9.44. The van der Waals surface area contributed by atoms with Gasteiger partial charge in [0.15, 0.2) is 0 Å². The van der Waals surface area contributed by atoms with Crippen molar-refractivity contribution in [2.24, 2.45) is 11.8 Å². The van der Waals surface area contributed by atoms with Crippen LogP contribution in [-0.4, -0.2) is 20.4 Å². The lowest BCUT2D eigenvalue weighted by Gasteiger charge is -2.29. The van der Waals surface area contributed by atoms with Crippen molar-refractivity contribution in [3.63, 3.8) is 0 Å². The summed E-state index contributed by atoms with van der Waals surface area (Å²) in [4.78, 5) is 0. The molecule has 216 valence electrons. The molecule has 4 aromatic rings. The Hall–Kier alpha value is -4.44. The van der Waals surface area contributed by atoms with Crippen LogP contribution in [0.3, 0.4) is 0 Å². The fraction of sp³-hybridized carbons (Fsp3) is 0.263. The van der Waals surface area contributed by atoms with E-state index >= 15 is 0 Å². The third-order valence-corrected chi connectivity index (χ3v) is 8.80. The van der Waals surface area contributed by atoms with Crippen LogP contribution in [0, 0.1) is 11.8 Å². The van der Waals surface area contributed by atoms with Gasteiger partial charge in [-0.15, -0.1) is 0 Å². The van der Waals surface area contributed by atoms with Gasteiger partial charge in [0.25, 0.3) is 0 Å². The van der Waals surface area contributed by atoms with E-state index in [0.717, 1.165) is 25.7 Å². The molecule has 0 spiro atoms. The third-order valence-electron chi connectivity index (χ3n) is 8.80. The van der Waals surface area contributed by atoms with Gasteiger partial charge < -0.3 is 20.4 Å². The van der Waals surface area contributed by atoms with Gasteiger partial charge in [0.1, 0.15) is 23.0 Å². The van der Waals surface area contributed by atoms with E-state index in [1.165, 1.54) is 33.4 Å². The quantitative estimate of drug-likeness (QED) is 0.200. The number of hydrogen-bond acceptors (Lipinski definition) is 4. The third kappa shape index (κ3) is 7.06. The molecule has 4 atom stereocenters. The summed E-state index contributed by atoms with van der Waals surface area (Å²) in [6.45, 7) is 4.56. The first-order chi connectivity index (χ1) is 20.3. The Labute approximate surface area is 249 Å². The minimum atomic E-state index is 0.304. The minimum absolute atomic E-state index is 0.304. The molecule has 2 aliphatic rings. The average Bonchev–Trinajstić information content (AvgIpc) is 3.00. The molecule has 0 aromatic heterocycles. The molecule has 4 aromatic carbocycles. The van der Waals surface area contributed by atoms with Gasteiger partial charge in [-0.05, 0) is 125 Å². The van der Waals surface area contributed by atoms with E-state index in [1.807, 2.05) is 48.5 Å². The van der Waals surface area contributed by atoms with Crippen LogP contribution < -0.4 is 0 Å². The van der Waals surface area contributed by atoms with Crippen molar-refractivity contribution in [1.82, 2.24) is 0 Å². The number of aromatic hydroxyl groups is 4. The first kappa shape index (κ1) is 29.1. The molecule has 0 fully saturated rings. The lowest BCUT2D eigenvalue weighted by molar-refractivity contribution is 0.452. The van der Waals surface area contributed by atoms with Crippen molar-refractivity contribution in [2.75, 3.05) is 0 Å². The molecular formula is C38H40O4. The van der Waals surface area contributed by atoms with Crippen molar-refractivity contribution in [3.8, 4) is 23.0 Å². The number of rotatable bonds is 4. The summed E-state index contributed by atoms with van der Waals surface area (Å²) in [6, 6.07) is 30.0. The standard InChI is InChI=1S/2C19H20O2/c2*1-13-2-3-16(14-4-8-17(20)9-5-14)12-19(13)15-6-10-18(21)11-7-15/h4-13,19-21H,2-3H2,1H3;3-11,13,19-21H,2,12H2,1H3. The number of benzene rings is 4. The highest BCUT2D eigenvalue weighted by atomic mass is 16.3. The van der Waals surface area contributed by atoms with Crippen molar-refractivity contribution in [3.05, 3.63) is 131 Å². The highest BCUT2D eigenvalue weighted by molar-refractivity contribution is 5.69. The zero-order valence-corrected chi connectivity index (χ0v) is 24.3. The molecule has 0 saturated carbocycles. The first-order valence-electron chi connectivity index (χ1n) is 14.8. The second-order valence-corrected chi connectivity index (χ2v) is 11.8. The minimum Gasteiger partial charge on any atom is -0.508 e. The smallest absolute Gasteiger partial charge is 0.115 e. The van der Waals surface area contributed by atoms with E-state index in [-0.39, 0.29) is 0 Å². The summed E-state index contributed by atoms with van der Waals surface area (Å²) in [5.74, 6) is 3.27. The van der Waals surface area contributed by atoms with Crippen LogP contribution in [0.2, 0.25) is 0 Å². The molecule has 42 heavy (non-hydrogen) atoms. The molecule has 6 rings (SSSR count). The molecule has 0 radical (unpaired) electrons. The van der Waals surface area contributed by atoms with E-state index in [9.17, 15) is 20.4 Å². The SMILES string of the molecule is CC1CC=C(c2ccc(O)cc2)CC1c1ccc(O)cc1.CC1CCC(c2ccc(O)cc2)=CC1c1ccc(O)cc1. The predicted octanol–water partition coefficient (Wildman–Crippen LogP) is 9.39. The highest BCUT2D eigenvalue weighted by Crippen LogP contribution is 2.42. The maximum absolute atomic E-state index is 9.44. The van der Waals surface area contributed by atoms with Gasteiger partial charge in [0.05, 0.1) is 0 Å². The lowest BCUT2D eigenvalue weighted by Crippen LogP contribution is -2.14. The zero-order valence-electron chi connectivity index (χ0n) is 24.3. The lowest BCUT2D eigenvalue weighted by atomic mass is 9.75. The monoisotopic (exact) mass is 560 g/mol. The fourth-order valence-corrected chi connectivity index (χ4v) is 6.16. The van der Waals surface area contributed by atoms with Crippen molar-refractivity contribution in [1.29, 1.82) is 0 Å². The Balaban J connectivity index is 0.000000168. The summed E-state index contributed by atoms with van der Waals surface area (Å²) in [6.07, 6.45) is 8.93. The Kier molecular flexibility index (Phi) is 9.02. The van der Waals surface area contributed by atoms with Gasteiger partial charge in [-0.25, -0.2) is 0 Å². The summed E-state index contributed by atoms with van der Waals surface area (Å²) in [7, 11) is 0. The summed E-state index contributed by atoms with van der Waals surface area (Å²) in [5, 5.41) is 37.7. The summed E-state index contributed by atoms with van der Waals surface area (Å²) < 4.78 is 0. The molecule has 2 aliphatic carbocycles. The van der Waals surface area contributed by atoms with E-state index in [1.54, 1.807) is 48.5 Å². The molecule has 0 saturated heterocycles. The molecule has 4 heteroatoms. The molecule has 4 N–H and O–H groups in total. The second kappa shape index (κ2) is 13.0. The average molecular weight is 561 g/mol. The second-order valence-electron chi connectivity index (χ2n) is 11.8. The molecule has 4 unspecified atom stereocenters. The summed E-state index contributed by atoms with van der Waals surface area (Å²) in [5.41, 5.74) is 7.57. The first-order valence-corrected chi connectivity index (χ1v) is 14.8. The van der Waals surface area contributed by atoms with Crippen LogP contribution in [-0.2, 0) is 0 Å². The van der Waals surface area contributed by atoms with Crippen LogP contribution in [0.15, 0.2) is 109 Å². The molecule has 0 aliphatic heterocycles. The number of hydrogen-bond donors (Lipinski definition) is 4. The van der Waals surface area contributed by atoms with Crippen LogP contribution in [0.5, 0.6) is 23.0 Å². The molecular weight excluding hydrogens is 520 g/mol. The Morgan fingerprint density at radius 3 is 1.50 bits per heavy atom. The number of allylic oxidation sites excluding steroid dienone is 4. The van der Waals surface area contributed by atoms with E-state index in [4.69, 9.17) is 0 Å². The summed E-state index contributed by atoms with van der Waals surface area (Å²) >= 11 is 0. The van der Waals surface area contributed by atoms with Crippen molar-refractivity contribution >= 4 is 11.1 Å². The van der Waals surface area contributed by atoms with Gasteiger partial charge >= 0.3 is 0 Å². The van der Waals surface area contributed by atoms with E-state index < -0.39 is 0 Å². The molecule has 0 heterocycles. The van der Waals surface area contributed by atoms with Crippen LogP contribution >= 0.6 is 0 Å². The fourth-order valence-electron chi connectivity index (χ4n) is 6.16. The number of phenolic OH excluding ortho intramolecular Hbond substituents is 4. The zero-order chi connectivity index (χ0) is 29.6. The highest BCUT2D eigenvalue weighted by Gasteiger charge is 2.25. The van der Waals surface area contributed by atoms with Gasteiger partial charge in [0.2, 0.25) is 0 Å². The Bertz CT molecular complexity index is 1510. The topological polar surface area (TPSA) is 80.9 Å². The van der Waals surface area contributed by atoms with Crippen LogP contribution in [0.25, 0.3) is 11.1 Å². The Morgan fingerprint density at radius 1 is 0.524 bits per heavy atom. The molecule has 4 nitrogen and oxygen atoms in total.